The molecule has 1 N–H and O–H groups in total. The first-order valence-corrected chi connectivity index (χ1v) is 8.77. The van der Waals surface area contributed by atoms with Crippen molar-refractivity contribution in [1.29, 1.82) is 0 Å². The molecule has 2 nitrogen and oxygen atoms in total. The van der Waals surface area contributed by atoms with Gasteiger partial charge in [0.15, 0.2) is 0 Å². The van der Waals surface area contributed by atoms with Crippen LogP contribution in [0, 0.1) is 11.3 Å². The summed E-state index contributed by atoms with van der Waals surface area (Å²) in [5, 5.41) is 10.6. The smallest absolute Gasteiger partial charge is 0.119 e. The Balaban J connectivity index is 1.79. The molecule has 22 heavy (non-hydrogen) atoms. The standard InChI is InChI=1S/C20H26O2/c1-3-20-11-10-16-15-7-5-14(22-2)12-13(15)4-6-17(16)18(20)8-9-19(20)21/h5,7,12,18-19,21H,3-4,6,8-11H2,1-2H3/t18-,19-,20-/m1/s1. The molecule has 0 saturated heterocycles. The largest absolute Gasteiger partial charge is 0.497 e. The number of aliphatic hydroxyl groups excluding tert-OH is 1. The van der Waals surface area contributed by atoms with Gasteiger partial charge in [0.25, 0.3) is 0 Å². The quantitative estimate of drug-likeness (QED) is 0.879. The summed E-state index contributed by atoms with van der Waals surface area (Å²) in [5.41, 5.74) is 6.33. The monoisotopic (exact) mass is 298 g/mol. The van der Waals surface area contributed by atoms with Gasteiger partial charge in [0.1, 0.15) is 5.75 Å². The maximum atomic E-state index is 10.6. The molecule has 0 aliphatic heterocycles. The number of ether oxygens (including phenoxy) is 1. The Morgan fingerprint density at radius 3 is 2.86 bits per heavy atom. The second-order valence-electron chi connectivity index (χ2n) is 7.26. The summed E-state index contributed by atoms with van der Waals surface area (Å²) in [6, 6.07) is 6.57. The van der Waals surface area contributed by atoms with Gasteiger partial charge in [-0.25, -0.2) is 0 Å². The van der Waals surface area contributed by atoms with Gasteiger partial charge < -0.3 is 9.84 Å². The molecule has 0 radical (unpaired) electrons. The number of aliphatic hydroxyl groups is 1. The van der Waals surface area contributed by atoms with Gasteiger partial charge in [-0.3, -0.25) is 0 Å². The maximum absolute atomic E-state index is 10.6. The molecule has 3 aliphatic rings. The predicted molar refractivity (Wildman–Crippen MR) is 88.9 cm³/mol. The van der Waals surface area contributed by atoms with Crippen LogP contribution >= 0.6 is 0 Å². The third-order valence-corrected chi connectivity index (χ3v) is 6.69. The minimum Gasteiger partial charge on any atom is -0.497 e. The highest BCUT2D eigenvalue weighted by Gasteiger charge is 2.52. The van der Waals surface area contributed by atoms with E-state index in [0.717, 1.165) is 37.9 Å². The number of hydrogen-bond donors (Lipinski definition) is 1. The van der Waals surface area contributed by atoms with E-state index in [1.807, 2.05) is 0 Å². The fourth-order valence-electron chi connectivity index (χ4n) is 5.48. The second kappa shape index (κ2) is 5.13. The Labute approximate surface area is 133 Å². The number of hydrogen-bond acceptors (Lipinski definition) is 2. The molecular weight excluding hydrogens is 272 g/mol. The minimum absolute atomic E-state index is 0.0891. The molecular formula is C20H26O2. The zero-order valence-electron chi connectivity index (χ0n) is 13.7. The van der Waals surface area contributed by atoms with Gasteiger partial charge in [0, 0.05) is 5.41 Å². The molecule has 0 aromatic heterocycles. The number of rotatable bonds is 2. The maximum Gasteiger partial charge on any atom is 0.119 e. The molecule has 0 spiro atoms. The molecule has 0 amide bonds. The van der Waals surface area contributed by atoms with Crippen molar-refractivity contribution >= 4 is 5.57 Å². The first-order chi connectivity index (χ1) is 10.7. The van der Waals surface area contributed by atoms with Crippen LogP contribution in [0.25, 0.3) is 5.57 Å². The third kappa shape index (κ3) is 1.83. The number of allylic oxidation sites excluding steroid dienone is 2. The van der Waals surface area contributed by atoms with Gasteiger partial charge in [-0.05, 0) is 79.7 Å². The summed E-state index contributed by atoms with van der Waals surface area (Å²) in [5.74, 6) is 1.59. The number of benzene rings is 1. The molecule has 4 rings (SSSR count). The zero-order valence-corrected chi connectivity index (χ0v) is 13.7. The van der Waals surface area contributed by atoms with E-state index >= 15 is 0 Å². The van der Waals surface area contributed by atoms with Crippen LogP contribution in [-0.4, -0.2) is 18.3 Å². The SMILES string of the molecule is CC[C@@]12CCC3=C(CCc4cc(OC)ccc43)[C@H]1CC[C@H]2O. The Morgan fingerprint density at radius 2 is 2.09 bits per heavy atom. The van der Waals surface area contributed by atoms with E-state index in [9.17, 15) is 5.11 Å². The average Bonchev–Trinajstić information content (AvgIpc) is 2.91. The van der Waals surface area contributed by atoms with Crippen molar-refractivity contribution in [2.75, 3.05) is 7.11 Å². The second-order valence-corrected chi connectivity index (χ2v) is 7.26. The van der Waals surface area contributed by atoms with E-state index in [0.29, 0.717) is 5.92 Å². The van der Waals surface area contributed by atoms with E-state index in [4.69, 9.17) is 4.74 Å². The summed E-state index contributed by atoms with van der Waals surface area (Å²) in [4.78, 5) is 0. The van der Waals surface area contributed by atoms with Gasteiger partial charge >= 0.3 is 0 Å². The van der Waals surface area contributed by atoms with Crippen molar-refractivity contribution in [3.05, 3.63) is 34.9 Å². The molecule has 0 unspecified atom stereocenters. The molecule has 0 heterocycles. The summed E-state index contributed by atoms with van der Waals surface area (Å²) < 4.78 is 5.38. The summed E-state index contributed by atoms with van der Waals surface area (Å²) in [6.45, 7) is 2.27. The third-order valence-electron chi connectivity index (χ3n) is 6.69. The summed E-state index contributed by atoms with van der Waals surface area (Å²) in [6.07, 6.45) is 7.78. The van der Waals surface area contributed by atoms with Gasteiger partial charge in [0.2, 0.25) is 0 Å². The molecule has 1 aromatic carbocycles. The van der Waals surface area contributed by atoms with E-state index in [1.165, 1.54) is 24.0 Å². The average molecular weight is 298 g/mol. The Morgan fingerprint density at radius 1 is 1.23 bits per heavy atom. The van der Waals surface area contributed by atoms with E-state index in [1.54, 1.807) is 18.3 Å². The summed E-state index contributed by atoms with van der Waals surface area (Å²) in [7, 11) is 1.74. The van der Waals surface area contributed by atoms with Crippen LogP contribution in [0.4, 0.5) is 0 Å². The van der Waals surface area contributed by atoms with Crippen molar-refractivity contribution in [2.45, 2.75) is 58.0 Å². The van der Waals surface area contributed by atoms with Crippen LogP contribution < -0.4 is 4.74 Å². The lowest BCUT2D eigenvalue weighted by atomic mass is 9.60. The summed E-state index contributed by atoms with van der Waals surface area (Å²) >= 11 is 0. The van der Waals surface area contributed by atoms with E-state index in [2.05, 4.69) is 25.1 Å². The van der Waals surface area contributed by atoms with Crippen LogP contribution in [0.15, 0.2) is 23.8 Å². The molecule has 3 atom stereocenters. The molecule has 1 fully saturated rings. The Bertz CT molecular complexity index is 631. The molecule has 0 bridgehead atoms. The van der Waals surface area contributed by atoms with Crippen LogP contribution in [0.3, 0.4) is 0 Å². The van der Waals surface area contributed by atoms with Crippen LogP contribution in [0.5, 0.6) is 5.75 Å². The van der Waals surface area contributed by atoms with Crippen LogP contribution in [-0.2, 0) is 6.42 Å². The van der Waals surface area contributed by atoms with E-state index in [-0.39, 0.29) is 11.5 Å². The lowest BCUT2D eigenvalue weighted by Crippen LogP contribution is -2.39. The van der Waals surface area contributed by atoms with Crippen molar-refractivity contribution in [1.82, 2.24) is 0 Å². The Hall–Kier alpha value is -1.28. The molecule has 1 saturated carbocycles. The fraction of sp³-hybridized carbons (Fsp3) is 0.600. The molecule has 3 aliphatic carbocycles. The molecule has 1 aromatic rings. The van der Waals surface area contributed by atoms with Gasteiger partial charge in [0.05, 0.1) is 13.2 Å². The topological polar surface area (TPSA) is 29.5 Å². The number of methoxy groups -OCH3 is 1. The van der Waals surface area contributed by atoms with Gasteiger partial charge in [-0.1, -0.05) is 18.6 Å². The first kappa shape index (κ1) is 14.3. The number of aryl methyl sites for hydroxylation is 1. The van der Waals surface area contributed by atoms with Gasteiger partial charge in [-0.2, -0.15) is 0 Å². The van der Waals surface area contributed by atoms with Crippen molar-refractivity contribution in [3.8, 4) is 5.75 Å². The van der Waals surface area contributed by atoms with Crippen LogP contribution in [0.2, 0.25) is 0 Å². The van der Waals surface area contributed by atoms with Gasteiger partial charge in [-0.15, -0.1) is 0 Å². The highest BCUT2D eigenvalue weighted by molar-refractivity contribution is 5.75. The van der Waals surface area contributed by atoms with Crippen molar-refractivity contribution in [3.63, 3.8) is 0 Å². The fourth-order valence-corrected chi connectivity index (χ4v) is 5.48. The predicted octanol–water partition coefficient (Wildman–Crippen LogP) is 4.36. The highest BCUT2D eigenvalue weighted by Crippen LogP contribution is 2.59. The zero-order chi connectivity index (χ0) is 15.3. The Kier molecular flexibility index (Phi) is 3.34. The first-order valence-electron chi connectivity index (χ1n) is 8.77. The molecule has 2 heteroatoms. The minimum atomic E-state index is -0.0891. The molecule has 118 valence electrons. The normalized spacial score (nSPS) is 33.2. The van der Waals surface area contributed by atoms with E-state index < -0.39 is 0 Å². The van der Waals surface area contributed by atoms with Crippen molar-refractivity contribution in [2.24, 2.45) is 11.3 Å². The lowest BCUT2D eigenvalue weighted by molar-refractivity contribution is 0.0193. The number of fused-ring (bicyclic) bond motifs is 4. The highest BCUT2D eigenvalue weighted by atomic mass is 16.5. The lowest BCUT2D eigenvalue weighted by Gasteiger charge is -2.45. The van der Waals surface area contributed by atoms with Crippen LogP contribution in [0.1, 0.15) is 56.6 Å². The van der Waals surface area contributed by atoms with Crippen molar-refractivity contribution < 1.29 is 9.84 Å².